The predicted octanol–water partition coefficient (Wildman–Crippen LogP) is 3.37. The summed E-state index contributed by atoms with van der Waals surface area (Å²) in [5, 5.41) is 12.2. The zero-order valence-electron chi connectivity index (χ0n) is 11.4. The van der Waals surface area contributed by atoms with Crippen LogP contribution in [0.1, 0.15) is 17.0 Å². The standard InChI is InChI=1S/C14H13ClN4O/c1-8-9(2)18-14(13(15)17-8)19-11-5-4-10(7-16)6-12(11)20-3/h4-6H,1-3H3,(H,18,19). The summed E-state index contributed by atoms with van der Waals surface area (Å²) < 4.78 is 5.25. The quantitative estimate of drug-likeness (QED) is 0.937. The number of anilines is 2. The lowest BCUT2D eigenvalue weighted by Gasteiger charge is -2.12. The minimum atomic E-state index is 0.291. The Morgan fingerprint density at radius 3 is 2.60 bits per heavy atom. The number of hydrogen-bond donors (Lipinski definition) is 1. The van der Waals surface area contributed by atoms with Crippen molar-refractivity contribution < 1.29 is 4.74 Å². The van der Waals surface area contributed by atoms with Crippen LogP contribution in [-0.2, 0) is 0 Å². The molecule has 0 aliphatic carbocycles. The van der Waals surface area contributed by atoms with E-state index in [9.17, 15) is 0 Å². The molecule has 0 bridgehead atoms. The number of nitrogens with zero attached hydrogens (tertiary/aromatic N) is 3. The first-order chi connectivity index (χ1) is 9.55. The van der Waals surface area contributed by atoms with Gasteiger partial charge in [0.2, 0.25) is 0 Å². The third-order valence-electron chi connectivity index (χ3n) is 2.85. The van der Waals surface area contributed by atoms with Gasteiger partial charge in [-0.25, -0.2) is 9.97 Å². The molecule has 1 N–H and O–H groups in total. The van der Waals surface area contributed by atoms with Crippen molar-refractivity contribution in [2.24, 2.45) is 0 Å². The molecule has 0 unspecified atom stereocenters. The van der Waals surface area contributed by atoms with Gasteiger partial charge in [0.25, 0.3) is 0 Å². The number of methoxy groups -OCH3 is 1. The Kier molecular flexibility index (Phi) is 4.06. The molecule has 102 valence electrons. The van der Waals surface area contributed by atoms with Crippen LogP contribution >= 0.6 is 11.6 Å². The van der Waals surface area contributed by atoms with Crippen LogP contribution in [-0.4, -0.2) is 17.1 Å². The molecule has 0 aliphatic rings. The van der Waals surface area contributed by atoms with Crippen LogP contribution in [0.5, 0.6) is 5.75 Å². The van der Waals surface area contributed by atoms with E-state index >= 15 is 0 Å². The summed E-state index contributed by atoms with van der Waals surface area (Å²) in [4.78, 5) is 8.57. The molecule has 0 saturated heterocycles. The van der Waals surface area contributed by atoms with E-state index in [0.29, 0.717) is 28.0 Å². The van der Waals surface area contributed by atoms with Gasteiger partial charge in [0.15, 0.2) is 11.0 Å². The van der Waals surface area contributed by atoms with Gasteiger partial charge in [-0.3, -0.25) is 0 Å². The fourth-order valence-electron chi connectivity index (χ4n) is 1.65. The van der Waals surface area contributed by atoms with Gasteiger partial charge in [0, 0.05) is 6.07 Å². The largest absolute Gasteiger partial charge is 0.495 e. The number of hydrogen-bond acceptors (Lipinski definition) is 5. The molecule has 0 saturated carbocycles. The van der Waals surface area contributed by atoms with Crippen LogP contribution in [0.15, 0.2) is 18.2 Å². The third kappa shape index (κ3) is 2.81. The van der Waals surface area contributed by atoms with Gasteiger partial charge in [-0.05, 0) is 26.0 Å². The number of halogens is 1. The number of rotatable bonds is 3. The van der Waals surface area contributed by atoms with Crippen LogP contribution in [0.25, 0.3) is 0 Å². The minimum Gasteiger partial charge on any atom is -0.495 e. The first-order valence-electron chi connectivity index (χ1n) is 5.91. The lowest BCUT2D eigenvalue weighted by molar-refractivity contribution is 0.416. The molecule has 5 nitrogen and oxygen atoms in total. The average Bonchev–Trinajstić information content (AvgIpc) is 2.45. The van der Waals surface area contributed by atoms with E-state index in [0.717, 1.165) is 11.4 Å². The number of ether oxygens (including phenoxy) is 1. The highest BCUT2D eigenvalue weighted by Gasteiger charge is 2.10. The second-order valence-corrected chi connectivity index (χ2v) is 4.54. The second-order valence-electron chi connectivity index (χ2n) is 4.19. The Bertz CT molecular complexity index is 694. The Morgan fingerprint density at radius 1 is 1.25 bits per heavy atom. The van der Waals surface area contributed by atoms with Crippen molar-refractivity contribution in [3.05, 3.63) is 40.3 Å². The number of aryl methyl sites for hydroxylation is 2. The first-order valence-corrected chi connectivity index (χ1v) is 6.29. The van der Waals surface area contributed by atoms with Crippen molar-refractivity contribution in [2.45, 2.75) is 13.8 Å². The van der Waals surface area contributed by atoms with Crippen LogP contribution in [0.2, 0.25) is 5.15 Å². The number of aromatic nitrogens is 2. The Hall–Kier alpha value is -2.32. The summed E-state index contributed by atoms with van der Waals surface area (Å²) in [7, 11) is 1.54. The number of benzene rings is 1. The SMILES string of the molecule is COc1cc(C#N)ccc1Nc1nc(C)c(C)nc1Cl. The highest BCUT2D eigenvalue weighted by atomic mass is 35.5. The number of nitrogens with one attached hydrogen (secondary N) is 1. The number of nitriles is 1. The van der Waals surface area contributed by atoms with E-state index in [4.69, 9.17) is 21.6 Å². The highest BCUT2D eigenvalue weighted by Crippen LogP contribution is 2.30. The Morgan fingerprint density at radius 2 is 1.95 bits per heavy atom. The van der Waals surface area contributed by atoms with Crippen LogP contribution < -0.4 is 10.1 Å². The maximum atomic E-state index is 8.88. The van der Waals surface area contributed by atoms with Gasteiger partial charge in [0.1, 0.15) is 5.75 Å². The van der Waals surface area contributed by atoms with Crippen molar-refractivity contribution in [3.63, 3.8) is 0 Å². The molecule has 2 rings (SSSR count). The van der Waals surface area contributed by atoms with Gasteiger partial charge >= 0.3 is 0 Å². The van der Waals surface area contributed by atoms with Crippen molar-refractivity contribution in [1.29, 1.82) is 5.26 Å². The summed E-state index contributed by atoms with van der Waals surface area (Å²) in [6, 6.07) is 7.13. The molecule has 1 aromatic heterocycles. The fraction of sp³-hybridized carbons (Fsp3) is 0.214. The lowest BCUT2D eigenvalue weighted by atomic mass is 10.2. The van der Waals surface area contributed by atoms with E-state index in [-0.39, 0.29) is 0 Å². The second kappa shape index (κ2) is 5.76. The fourth-order valence-corrected chi connectivity index (χ4v) is 1.86. The zero-order chi connectivity index (χ0) is 14.7. The van der Waals surface area contributed by atoms with Gasteiger partial charge in [0.05, 0.1) is 35.8 Å². The van der Waals surface area contributed by atoms with Crippen molar-refractivity contribution in [2.75, 3.05) is 12.4 Å². The summed E-state index contributed by atoms with van der Waals surface area (Å²) in [5.74, 6) is 0.998. The molecule has 0 aliphatic heterocycles. The molecule has 20 heavy (non-hydrogen) atoms. The first kappa shape index (κ1) is 14.1. The zero-order valence-corrected chi connectivity index (χ0v) is 12.1. The van der Waals surface area contributed by atoms with E-state index in [1.165, 1.54) is 7.11 Å². The summed E-state index contributed by atoms with van der Waals surface area (Å²) in [5.41, 5.74) is 2.77. The predicted molar refractivity (Wildman–Crippen MR) is 77.5 cm³/mol. The topological polar surface area (TPSA) is 70.8 Å². The lowest BCUT2D eigenvalue weighted by Crippen LogP contribution is -2.02. The minimum absolute atomic E-state index is 0.291. The maximum Gasteiger partial charge on any atom is 0.172 e. The molecule has 0 spiro atoms. The molecule has 0 atom stereocenters. The molecule has 0 fully saturated rings. The molecule has 1 heterocycles. The summed E-state index contributed by atoms with van der Waals surface area (Å²) in [6.45, 7) is 3.71. The van der Waals surface area contributed by atoms with E-state index in [1.807, 2.05) is 13.8 Å². The molecule has 6 heteroatoms. The van der Waals surface area contributed by atoms with Crippen LogP contribution in [0.4, 0.5) is 11.5 Å². The molecule has 2 aromatic rings. The Labute approximate surface area is 122 Å². The van der Waals surface area contributed by atoms with Crippen molar-refractivity contribution >= 4 is 23.1 Å². The van der Waals surface area contributed by atoms with Crippen molar-refractivity contribution in [3.8, 4) is 11.8 Å². The van der Waals surface area contributed by atoms with Crippen molar-refractivity contribution in [1.82, 2.24) is 9.97 Å². The summed E-state index contributed by atoms with van der Waals surface area (Å²) >= 11 is 6.08. The highest BCUT2D eigenvalue weighted by molar-refractivity contribution is 6.31. The van der Waals surface area contributed by atoms with Gasteiger partial charge in [-0.1, -0.05) is 11.6 Å². The van der Waals surface area contributed by atoms with Gasteiger partial charge in [-0.15, -0.1) is 0 Å². The smallest absolute Gasteiger partial charge is 0.172 e. The molecule has 0 amide bonds. The molecule has 0 radical (unpaired) electrons. The monoisotopic (exact) mass is 288 g/mol. The maximum absolute atomic E-state index is 8.88. The summed E-state index contributed by atoms with van der Waals surface area (Å²) in [6.07, 6.45) is 0. The normalized spacial score (nSPS) is 9.95. The van der Waals surface area contributed by atoms with Crippen LogP contribution in [0.3, 0.4) is 0 Å². The molecule has 1 aromatic carbocycles. The molecular formula is C14H13ClN4O. The van der Waals surface area contributed by atoms with Crippen LogP contribution in [0, 0.1) is 25.2 Å². The van der Waals surface area contributed by atoms with E-state index < -0.39 is 0 Å². The van der Waals surface area contributed by atoms with E-state index in [1.54, 1.807) is 18.2 Å². The molecular weight excluding hydrogens is 276 g/mol. The van der Waals surface area contributed by atoms with Gasteiger partial charge < -0.3 is 10.1 Å². The third-order valence-corrected chi connectivity index (χ3v) is 3.11. The Balaban J connectivity index is 2.40. The average molecular weight is 289 g/mol. The van der Waals surface area contributed by atoms with E-state index in [2.05, 4.69) is 21.4 Å². The van der Waals surface area contributed by atoms with Gasteiger partial charge in [-0.2, -0.15) is 5.26 Å².